The third kappa shape index (κ3) is 1.39. The van der Waals surface area contributed by atoms with Gasteiger partial charge in [-0.15, -0.1) is 0 Å². The highest BCUT2D eigenvalue weighted by molar-refractivity contribution is 5.48. The van der Waals surface area contributed by atoms with Crippen molar-refractivity contribution in [1.82, 2.24) is 5.01 Å². The van der Waals surface area contributed by atoms with E-state index in [1.807, 2.05) is 6.07 Å². The molecule has 0 amide bonds. The summed E-state index contributed by atoms with van der Waals surface area (Å²) in [6.45, 7) is 2.19. The fourth-order valence-electron chi connectivity index (χ4n) is 1.69. The minimum Gasteiger partial charge on any atom is -0.295 e. The van der Waals surface area contributed by atoms with Crippen molar-refractivity contribution in [2.75, 3.05) is 12.1 Å². The van der Waals surface area contributed by atoms with Gasteiger partial charge in [-0.05, 0) is 25.1 Å². The van der Waals surface area contributed by atoms with Gasteiger partial charge in [0, 0.05) is 13.2 Å². The molecule has 0 radical (unpaired) electrons. The second-order valence-corrected chi connectivity index (χ2v) is 3.34. The van der Waals surface area contributed by atoms with Crippen molar-refractivity contribution in [1.29, 1.82) is 0 Å². The van der Waals surface area contributed by atoms with E-state index in [2.05, 4.69) is 60.5 Å². The molecule has 2 nitrogen and oxygen atoms in total. The average Bonchev–Trinajstić information content (AvgIpc) is 2.48. The number of nitrogens with zero attached hydrogens (tertiary/aromatic N) is 2. The van der Waals surface area contributed by atoms with Crippen molar-refractivity contribution >= 4 is 5.69 Å². The van der Waals surface area contributed by atoms with Crippen LogP contribution in [0.2, 0.25) is 0 Å². The zero-order valence-electron chi connectivity index (χ0n) is 8.01. The highest BCUT2D eigenvalue weighted by atomic mass is 15.6. The summed E-state index contributed by atoms with van der Waals surface area (Å²) in [4.78, 5) is 0. The van der Waals surface area contributed by atoms with Crippen molar-refractivity contribution in [2.45, 2.75) is 13.0 Å². The van der Waals surface area contributed by atoms with Gasteiger partial charge in [0.15, 0.2) is 0 Å². The minimum atomic E-state index is 0.451. The molecule has 1 aliphatic heterocycles. The highest BCUT2D eigenvalue weighted by Gasteiger charge is 2.19. The first-order chi connectivity index (χ1) is 6.29. The normalized spacial score (nSPS) is 21.2. The molecule has 2 heteroatoms. The maximum absolute atomic E-state index is 2.25. The zero-order chi connectivity index (χ0) is 9.26. The van der Waals surface area contributed by atoms with Crippen LogP contribution < -0.4 is 5.01 Å². The van der Waals surface area contributed by atoms with Crippen LogP contribution in [0.25, 0.3) is 0 Å². The lowest BCUT2D eigenvalue weighted by Gasteiger charge is -2.31. The molecule has 2 rings (SSSR count). The van der Waals surface area contributed by atoms with E-state index in [1.165, 1.54) is 5.69 Å². The molecule has 13 heavy (non-hydrogen) atoms. The number of hydrogen-bond acceptors (Lipinski definition) is 2. The molecule has 0 saturated heterocycles. The van der Waals surface area contributed by atoms with Crippen molar-refractivity contribution in [3.05, 3.63) is 42.6 Å². The Bertz CT molecular complexity index is 293. The largest absolute Gasteiger partial charge is 0.295 e. The molecule has 0 fully saturated rings. The topological polar surface area (TPSA) is 6.48 Å². The van der Waals surface area contributed by atoms with Gasteiger partial charge in [-0.2, -0.15) is 0 Å². The first-order valence-electron chi connectivity index (χ1n) is 4.54. The molecule has 1 heterocycles. The molecule has 0 spiro atoms. The van der Waals surface area contributed by atoms with Crippen LogP contribution in [-0.4, -0.2) is 18.1 Å². The first kappa shape index (κ1) is 8.17. The minimum absolute atomic E-state index is 0.451. The van der Waals surface area contributed by atoms with Crippen molar-refractivity contribution in [3.8, 4) is 0 Å². The Kier molecular flexibility index (Phi) is 1.97. The summed E-state index contributed by atoms with van der Waals surface area (Å²) in [5, 5.41) is 4.36. The van der Waals surface area contributed by atoms with Crippen molar-refractivity contribution in [2.24, 2.45) is 0 Å². The standard InChI is InChI=1S/C11H14N2/c1-10-8-9-12(2)13(10)11-6-4-3-5-7-11/h3-10H,1-2H3. The van der Waals surface area contributed by atoms with Crippen LogP contribution in [0.4, 0.5) is 5.69 Å². The van der Waals surface area contributed by atoms with Gasteiger partial charge in [0.05, 0.1) is 11.7 Å². The molecular formula is C11H14N2. The van der Waals surface area contributed by atoms with Crippen LogP contribution >= 0.6 is 0 Å². The maximum atomic E-state index is 2.25. The van der Waals surface area contributed by atoms with Gasteiger partial charge in [0.2, 0.25) is 0 Å². The molecule has 1 aromatic carbocycles. The molecule has 0 N–H and O–H groups in total. The Labute approximate surface area is 79.1 Å². The number of anilines is 1. The average molecular weight is 174 g/mol. The third-order valence-corrected chi connectivity index (χ3v) is 2.33. The van der Waals surface area contributed by atoms with E-state index in [0.717, 1.165) is 0 Å². The van der Waals surface area contributed by atoms with E-state index in [-0.39, 0.29) is 0 Å². The van der Waals surface area contributed by atoms with Crippen molar-refractivity contribution in [3.63, 3.8) is 0 Å². The predicted octanol–water partition coefficient (Wildman–Crippen LogP) is 2.26. The molecule has 68 valence electrons. The van der Waals surface area contributed by atoms with Crippen LogP contribution in [-0.2, 0) is 0 Å². The van der Waals surface area contributed by atoms with Crippen LogP contribution in [0.1, 0.15) is 6.92 Å². The van der Waals surface area contributed by atoms with Crippen LogP contribution in [0.15, 0.2) is 42.6 Å². The van der Waals surface area contributed by atoms with E-state index in [9.17, 15) is 0 Å². The second kappa shape index (κ2) is 3.13. The maximum Gasteiger partial charge on any atom is 0.0675 e. The molecule has 1 aliphatic rings. The summed E-state index contributed by atoms with van der Waals surface area (Å²) in [7, 11) is 2.06. The van der Waals surface area contributed by atoms with E-state index >= 15 is 0 Å². The van der Waals surface area contributed by atoms with Gasteiger partial charge in [-0.25, -0.2) is 0 Å². The summed E-state index contributed by atoms with van der Waals surface area (Å²) in [6.07, 6.45) is 4.28. The Hall–Kier alpha value is -1.44. The summed E-state index contributed by atoms with van der Waals surface area (Å²) in [6, 6.07) is 10.9. The fraction of sp³-hybridized carbons (Fsp3) is 0.273. The number of benzene rings is 1. The van der Waals surface area contributed by atoms with Gasteiger partial charge in [0.25, 0.3) is 0 Å². The van der Waals surface area contributed by atoms with Gasteiger partial charge < -0.3 is 0 Å². The highest BCUT2D eigenvalue weighted by Crippen LogP contribution is 2.22. The fourth-order valence-corrected chi connectivity index (χ4v) is 1.69. The van der Waals surface area contributed by atoms with Crippen LogP contribution in [0.5, 0.6) is 0 Å². The number of hydrogen-bond donors (Lipinski definition) is 0. The smallest absolute Gasteiger partial charge is 0.0675 e. The van der Waals surface area contributed by atoms with E-state index in [0.29, 0.717) is 6.04 Å². The molecule has 1 aromatic rings. The monoisotopic (exact) mass is 174 g/mol. The first-order valence-corrected chi connectivity index (χ1v) is 4.54. The third-order valence-electron chi connectivity index (χ3n) is 2.33. The van der Waals surface area contributed by atoms with Crippen LogP contribution in [0, 0.1) is 0 Å². The number of hydrazine groups is 1. The molecule has 0 aromatic heterocycles. The number of rotatable bonds is 1. The molecule has 1 atom stereocenters. The lowest BCUT2D eigenvalue weighted by Crippen LogP contribution is -2.37. The Morgan fingerprint density at radius 2 is 1.85 bits per heavy atom. The van der Waals surface area contributed by atoms with Gasteiger partial charge in [-0.3, -0.25) is 10.0 Å². The van der Waals surface area contributed by atoms with E-state index in [4.69, 9.17) is 0 Å². The van der Waals surface area contributed by atoms with Crippen molar-refractivity contribution < 1.29 is 0 Å². The summed E-state index contributed by atoms with van der Waals surface area (Å²) in [5.74, 6) is 0. The SMILES string of the molecule is CC1C=CN(C)N1c1ccccc1. The quantitative estimate of drug-likeness (QED) is 0.644. The van der Waals surface area contributed by atoms with Gasteiger partial charge >= 0.3 is 0 Å². The van der Waals surface area contributed by atoms with E-state index in [1.54, 1.807) is 0 Å². The molecule has 1 unspecified atom stereocenters. The number of para-hydroxylation sites is 1. The Morgan fingerprint density at radius 3 is 2.38 bits per heavy atom. The Balaban J connectivity index is 2.27. The molecular weight excluding hydrogens is 160 g/mol. The molecule has 0 saturated carbocycles. The molecule has 0 bridgehead atoms. The van der Waals surface area contributed by atoms with E-state index < -0.39 is 0 Å². The summed E-state index contributed by atoms with van der Waals surface area (Å²) < 4.78 is 0. The summed E-state index contributed by atoms with van der Waals surface area (Å²) >= 11 is 0. The lowest BCUT2D eigenvalue weighted by atomic mass is 10.2. The lowest BCUT2D eigenvalue weighted by molar-refractivity contribution is 0.425. The predicted molar refractivity (Wildman–Crippen MR) is 55.3 cm³/mol. The summed E-state index contributed by atoms with van der Waals surface area (Å²) in [5.41, 5.74) is 1.24. The van der Waals surface area contributed by atoms with Gasteiger partial charge in [0.1, 0.15) is 0 Å². The van der Waals surface area contributed by atoms with Crippen LogP contribution in [0.3, 0.4) is 0 Å². The molecule has 0 aliphatic carbocycles. The zero-order valence-corrected chi connectivity index (χ0v) is 8.01. The van der Waals surface area contributed by atoms with Gasteiger partial charge in [-0.1, -0.05) is 18.2 Å². The Morgan fingerprint density at radius 1 is 1.15 bits per heavy atom. The second-order valence-electron chi connectivity index (χ2n) is 3.34.